The van der Waals surface area contributed by atoms with Crippen LogP contribution in [0.25, 0.3) is 61.5 Å². The number of hydrogen-bond acceptors (Lipinski definition) is 0. The van der Waals surface area contributed by atoms with Gasteiger partial charge in [-0.2, -0.15) is 0 Å². The second kappa shape index (κ2) is 9.18. The molecule has 10 rings (SSSR count). The third-order valence-electron chi connectivity index (χ3n) is 11.6. The highest BCUT2D eigenvalue weighted by Gasteiger charge is 2.35. The molecule has 0 heteroatoms. The van der Waals surface area contributed by atoms with Crippen LogP contribution in [-0.4, -0.2) is 0 Å². The molecule has 0 heterocycles. The van der Waals surface area contributed by atoms with Crippen LogP contribution in [0.1, 0.15) is 66.5 Å². The van der Waals surface area contributed by atoms with Gasteiger partial charge in [0, 0.05) is 5.41 Å². The lowest BCUT2D eigenvalue weighted by atomic mass is 9.77. The average Bonchev–Trinajstić information content (AvgIpc) is 3.32. The van der Waals surface area contributed by atoms with E-state index in [1.54, 1.807) is 22.3 Å². The molecule has 6 aromatic carbocycles. The zero-order chi connectivity index (χ0) is 29.9. The van der Waals surface area contributed by atoms with Crippen molar-refractivity contribution in [3.63, 3.8) is 0 Å². The number of fused-ring (bicyclic) bond motifs is 6. The summed E-state index contributed by atoms with van der Waals surface area (Å²) in [6.45, 7) is 4.74. The fourth-order valence-electron chi connectivity index (χ4n) is 9.39. The van der Waals surface area contributed by atoms with E-state index in [9.17, 15) is 0 Å². The first-order valence-corrected chi connectivity index (χ1v) is 16.8. The molecule has 0 nitrogen and oxygen atoms in total. The fourth-order valence-corrected chi connectivity index (χ4v) is 9.39. The molecule has 0 amide bonds. The molecule has 216 valence electrons. The minimum absolute atomic E-state index is 0.0250. The quantitative estimate of drug-likeness (QED) is 0.180. The van der Waals surface area contributed by atoms with E-state index in [1.165, 1.54) is 82.9 Å². The molecule has 0 aromatic heterocycles. The topological polar surface area (TPSA) is 0 Å². The maximum Gasteiger partial charge on any atom is 0.0159 e. The number of rotatable bonds is 2. The Morgan fingerprint density at radius 3 is 2.29 bits per heavy atom. The Balaban J connectivity index is 1.08. The van der Waals surface area contributed by atoms with Crippen molar-refractivity contribution in [2.75, 3.05) is 0 Å². The summed E-state index contributed by atoms with van der Waals surface area (Å²) in [4.78, 5) is 0. The van der Waals surface area contributed by atoms with Gasteiger partial charge in [0.1, 0.15) is 0 Å². The van der Waals surface area contributed by atoms with Gasteiger partial charge in [0.05, 0.1) is 0 Å². The predicted molar refractivity (Wildman–Crippen MR) is 191 cm³/mol. The first-order valence-electron chi connectivity index (χ1n) is 16.8. The summed E-state index contributed by atoms with van der Waals surface area (Å²) < 4.78 is 0. The summed E-state index contributed by atoms with van der Waals surface area (Å²) in [6, 6.07) is 37.2. The van der Waals surface area contributed by atoms with Crippen LogP contribution in [0.4, 0.5) is 0 Å². The van der Waals surface area contributed by atoms with Crippen LogP contribution in [0.3, 0.4) is 0 Å². The predicted octanol–water partition coefficient (Wildman–Crippen LogP) is 9.82. The van der Waals surface area contributed by atoms with Gasteiger partial charge in [0.15, 0.2) is 0 Å². The molecular formula is C45H36. The maximum atomic E-state index is 2.52. The minimum atomic E-state index is 0.0250. The Hall–Kier alpha value is -4.68. The zero-order valence-corrected chi connectivity index (χ0v) is 26.1. The lowest BCUT2D eigenvalue weighted by molar-refractivity contribution is 0.660. The highest BCUT2D eigenvalue weighted by Crippen LogP contribution is 2.49. The maximum absolute atomic E-state index is 2.52. The van der Waals surface area contributed by atoms with Crippen molar-refractivity contribution in [1.29, 1.82) is 0 Å². The van der Waals surface area contributed by atoms with Crippen LogP contribution in [0.2, 0.25) is 0 Å². The molecule has 4 aliphatic rings. The van der Waals surface area contributed by atoms with Crippen molar-refractivity contribution in [2.24, 2.45) is 0 Å². The molecule has 0 radical (unpaired) electrons. The summed E-state index contributed by atoms with van der Waals surface area (Å²) >= 11 is 0. The Bertz CT molecular complexity index is 2450. The van der Waals surface area contributed by atoms with Gasteiger partial charge >= 0.3 is 0 Å². The molecule has 0 atom stereocenters. The Morgan fingerprint density at radius 2 is 1.36 bits per heavy atom. The zero-order valence-electron chi connectivity index (χ0n) is 26.1. The van der Waals surface area contributed by atoms with Gasteiger partial charge in [-0.25, -0.2) is 0 Å². The van der Waals surface area contributed by atoms with Gasteiger partial charge < -0.3 is 0 Å². The smallest absolute Gasteiger partial charge is 0.0159 e. The number of aryl methyl sites for hydroxylation is 3. The molecule has 45 heavy (non-hydrogen) atoms. The molecule has 0 saturated heterocycles. The van der Waals surface area contributed by atoms with Crippen LogP contribution in [0, 0.1) is 0 Å². The van der Waals surface area contributed by atoms with Gasteiger partial charge in [-0.3, -0.25) is 0 Å². The molecule has 0 saturated carbocycles. The van der Waals surface area contributed by atoms with Crippen LogP contribution in [0.15, 0.2) is 103 Å². The molecule has 0 spiro atoms. The van der Waals surface area contributed by atoms with Crippen molar-refractivity contribution >= 4 is 39.3 Å². The van der Waals surface area contributed by atoms with E-state index in [2.05, 4.69) is 123 Å². The van der Waals surface area contributed by atoms with Crippen molar-refractivity contribution in [3.05, 3.63) is 146 Å². The molecule has 0 N–H and O–H groups in total. The first kappa shape index (κ1) is 25.6. The molecular weight excluding hydrogens is 540 g/mol. The molecule has 0 unspecified atom stereocenters. The molecule has 0 fully saturated rings. The third-order valence-corrected chi connectivity index (χ3v) is 11.6. The summed E-state index contributed by atoms with van der Waals surface area (Å²) in [5, 5.41) is 8.85. The summed E-state index contributed by atoms with van der Waals surface area (Å²) in [5.74, 6) is 0. The highest BCUT2D eigenvalue weighted by molar-refractivity contribution is 6.12. The molecule has 6 aromatic rings. The lowest BCUT2D eigenvalue weighted by Gasteiger charge is -2.27. The van der Waals surface area contributed by atoms with Crippen LogP contribution < -0.4 is 10.4 Å². The van der Waals surface area contributed by atoms with E-state index in [0.717, 1.165) is 32.1 Å². The normalized spacial score (nSPS) is 17.0. The Kier molecular flexibility index (Phi) is 5.23. The van der Waals surface area contributed by atoms with Crippen LogP contribution in [0.5, 0.6) is 0 Å². The number of allylic oxidation sites excluding steroid dienone is 1. The van der Waals surface area contributed by atoms with E-state index in [0.29, 0.717) is 0 Å². The average molecular weight is 577 g/mol. The second-order valence-corrected chi connectivity index (χ2v) is 14.2. The van der Waals surface area contributed by atoms with E-state index in [-0.39, 0.29) is 5.41 Å². The van der Waals surface area contributed by atoms with Crippen LogP contribution >= 0.6 is 0 Å². The van der Waals surface area contributed by atoms with Gasteiger partial charge in [-0.1, -0.05) is 117 Å². The minimum Gasteiger partial charge on any atom is -0.0763 e. The van der Waals surface area contributed by atoms with E-state index >= 15 is 0 Å². The number of hydrogen-bond donors (Lipinski definition) is 0. The highest BCUT2D eigenvalue weighted by atomic mass is 14.4. The third kappa shape index (κ3) is 3.54. The van der Waals surface area contributed by atoms with E-state index in [4.69, 9.17) is 0 Å². The van der Waals surface area contributed by atoms with E-state index < -0.39 is 0 Å². The lowest BCUT2D eigenvalue weighted by Crippen LogP contribution is -2.21. The molecule has 4 aliphatic carbocycles. The largest absolute Gasteiger partial charge is 0.0763 e. The van der Waals surface area contributed by atoms with Crippen molar-refractivity contribution in [2.45, 2.75) is 57.8 Å². The summed E-state index contributed by atoms with van der Waals surface area (Å²) in [5.41, 5.74) is 17.6. The number of benzene rings is 6. The Morgan fingerprint density at radius 1 is 0.578 bits per heavy atom. The summed E-state index contributed by atoms with van der Waals surface area (Å²) in [7, 11) is 0. The Labute approximate surface area is 265 Å². The monoisotopic (exact) mass is 576 g/mol. The van der Waals surface area contributed by atoms with Crippen molar-refractivity contribution in [1.82, 2.24) is 0 Å². The van der Waals surface area contributed by atoms with Gasteiger partial charge in [-0.15, -0.1) is 0 Å². The summed E-state index contributed by atoms with van der Waals surface area (Å²) in [6.07, 6.45) is 11.8. The van der Waals surface area contributed by atoms with Gasteiger partial charge in [-0.05, 0) is 143 Å². The molecule has 0 bridgehead atoms. The van der Waals surface area contributed by atoms with Gasteiger partial charge in [0.25, 0.3) is 0 Å². The van der Waals surface area contributed by atoms with E-state index in [1.807, 2.05) is 0 Å². The SMILES string of the molecule is CC1(C)c2ccccc2-c2ccc(-c3ccc4c(c3)CCC(C3=c5cccc6c5c(c5c7c(cccc76)=CCC5)CC3)=C4)cc21. The van der Waals surface area contributed by atoms with Crippen LogP contribution in [-0.2, 0) is 24.7 Å². The first-order chi connectivity index (χ1) is 22.1. The fraction of sp³-hybridized carbons (Fsp3) is 0.200. The second-order valence-electron chi connectivity index (χ2n) is 14.2. The van der Waals surface area contributed by atoms with Crippen molar-refractivity contribution < 1.29 is 0 Å². The van der Waals surface area contributed by atoms with Crippen molar-refractivity contribution in [3.8, 4) is 22.3 Å². The van der Waals surface area contributed by atoms with Gasteiger partial charge in [0.2, 0.25) is 0 Å². The standard InChI is InChI=1S/C45H36/c1-45(2)41-15-4-3-10-34(41)35-21-20-31(26-42(35)45)29-16-17-30-25-32(19-18-28(30)24-29)33-22-23-40-38-12-6-9-27-8-5-11-37(43(27)38)39-14-7-13-36(33)44(39)40/h3-5,7-11,13-17,20-21,24-26H,6,12,18-19,22-23H2,1-2H3. The molecule has 0 aliphatic heterocycles.